The topological polar surface area (TPSA) is 39.3 Å². The standard InChI is InChI=1S/C24H25F2N3O/c25-20-7-6-17(12-21(20)26)14-29-10-3-8-24(23(29)30)9-11-28(16-24)15-19-13-18-4-1-2-5-22(18)27-19/h1-2,4-7,12-13,27H,3,8-11,14-16H2/t24-/m0/s1. The van der Waals surface area contributed by atoms with E-state index in [4.69, 9.17) is 0 Å². The van der Waals surface area contributed by atoms with Crippen LogP contribution < -0.4 is 0 Å². The Bertz CT molecular complexity index is 1060. The van der Waals surface area contributed by atoms with E-state index in [1.165, 1.54) is 11.5 Å². The van der Waals surface area contributed by atoms with Gasteiger partial charge in [0, 0.05) is 37.4 Å². The molecular weight excluding hydrogens is 384 g/mol. The molecule has 156 valence electrons. The highest BCUT2D eigenvalue weighted by Crippen LogP contribution is 2.41. The van der Waals surface area contributed by atoms with Crippen LogP contribution in [0.2, 0.25) is 0 Å². The summed E-state index contributed by atoms with van der Waals surface area (Å²) in [5.74, 6) is -1.57. The van der Waals surface area contributed by atoms with E-state index < -0.39 is 11.6 Å². The number of carbonyl (C=O) groups excluding carboxylic acids is 1. The van der Waals surface area contributed by atoms with Crippen LogP contribution in [0.25, 0.3) is 10.9 Å². The van der Waals surface area contributed by atoms with Crippen molar-refractivity contribution in [3.8, 4) is 0 Å². The molecule has 2 aliphatic rings. The molecule has 4 nitrogen and oxygen atoms in total. The predicted octanol–water partition coefficient (Wildman–Crippen LogP) is 4.46. The van der Waals surface area contributed by atoms with Gasteiger partial charge in [0.05, 0.1) is 5.41 Å². The Hall–Kier alpha value is -2.73. The second-order valence-corrected chi connectivity index (χ2v) is 8.70. The van der Waals surface area contributed by atoms with E-state index in [9.17, 15) is 13.6 Å². The molecule has 1 amide bonds. The summed E-state index contributed by atoms with van der Waals surface area (Å²) in [4.78, 5) is 21.0. The fourth-order valence-electron chi connectivity index (χ4n) is 5.09. The van der Waals surface area contributed by atoms with Gasteiger partial charge in [-0.1, -0.05) is 24.3 Å². The van der Waals surface area contributed by atoms with Gasteiger partial charge in [0.2, 0.25) is 5.91 Å². The molecule has 2 aliphatic heterocycles. The number of rotatable bonds is 4. The van der Waals surface area contributed by atoms with Gasteiger partial charge < -0.3 is 9.88 Å². The molecular formula is C24H25F2N3O. The van der Waals surface area contributed by atoms with Crippen molar-refractivity contribution in [2.45, 2.75) is 32.4 Å². The van der Waals surface area contributed by atoms with E-state index in [1.807, 2.05) is 17.0 Å². The maximum Gasteiger partial charge on any atom is 0.230 e. The first kappa shape index (κ1) is 19.2. The van der Waals surface area contributed by atoms with Crippen molar-refractivity contribution in [1.82, 2.24) is 14.8 Å². The Balaban J connectivity index is 1.28. The number of aromatic amines is 1. The first-order valence-electron chi connectivity index (χ1n) is 10.5. The van der Waals surface area contributed by atoms with E-state index >= 15 is 0 Å². The maximum atomic E-state index is 13.6. The van der Waals surface area contributed by atoms with E-state index in [1.54, 1.807) is 6.07 Å². The number of likely N-dealkylation sites (tertiary alicyclic amines) is 2. The molecule has 3 aromatic rings. The van der Waals surface area contributed by atoms with Crippen LogP contribution in [-0.4, -0.2) is 40.3 Å². The number of hydrogen-bond acceptors (Lipinski definition) is 2. The number of fused-ring (bicyclic) bond motifs is 1. The quantitative estimate of drug-likeness (QED) is 0.691. The number of carbonyl (C=O) groups is 1. The molecule has 0 saturated carbocycles. The summed E-state index contributed by atoms with van der Waals surface area (Å²) in [6, 6.07) is 14.3. The van der Waals surface area contributed by atoms with Gasteiger partial charge in [0.1, 0.15) is 0 Å². The van der Waals surface area contributed by atoms with Gasteiger partial charge in [0.25, 0.3) is 0 Å². The van der Waals surface area contributed by atoms with Gasteiger partial charge in [-0.25, -0.2) is 8.78 Å². The summed E-state index contributed by atoms with van der Waals surface area (Å²) in [7, 11) is 0. The molecule has 2 fully saturated rings. The molecule has 2 aromatic carbocycles. The molecule has 3 heterocycles. The third kappa shape index (κ3) is 3.49. The zero-order valence-corrected chi connectivity index (χ0v) is 16.8. The Morgan fingerprint density at radius 3 is 2.67 bits per heavy atom. The summed E-state index contributed by atoms with van der Waals surface area (Å²) >= 11 is 0. The summed E-state index contributed by atoms with van der Waals surface area (Å²) in [6.07, 6.45) is 2.68. The number of aromatic nitrogens is 1. The van der Waals surface area contributed by atoms with Gasteiger partial charge in [-0.2, -0.15) is 0 Å². The molecule has 0 unspecified atom stereocenters. The molecule has 2 saturated heterocycles. The fourth-order valence-corrected chi connectivity index (χ4v) is 5.09. The monoisotopic (exact) mass is 409 g/mol. The fraction of sp³-hybridized carbons (Fsp3) is 0.375. The number of nitrogens with one attached hydrogen (secondary N) is 1. The Kier molecular flexibility index (Phi) is 4.82. The average molecular weight is 409 g/mol. The zero-order chi connectivity index (χ0) is 20.7. The molecule has 1 aromatic heterocycles. The highest BCUT2D eigenvalue weighted by Gasteiger charge is 2.48. The van der Waals surface area contributed by atoms with Crippen molar-refractivity contribution in [3.63, 3.8) is 0 Å². The van der Waals surface area contributed by atoms with Gasteiger partial charge in [-0.15, -0.1) is 0 Å². The van der Waals surface area contributed by atoms with Crippen LogP contribution in [0.1, 0.15) is 30.5 Å². The summed E-state index contributed by atoms with van der Waals surface area (Å²) < 4.78 is 26.8. The molecule has 1 spiro atoms. The molecule has 0 aliphatic carbocycles. The van der Waals surface area contributed by atoms with Crippen molar-refractivity contribution in [3.05, 3.63) is 71.4 Å². The van der Waals surface area contributed by atoms with Crippen LogP contribution in [0.3, 0.4) is 0 Å². The third-order valence-electron chi connectivity index (χ3n) is 6.59. The molecule has 5 rings (SSSR count). The molecule has 1 N–H and O–H groups in total. The van der Waals surface area contributed by atoms with Gasteiger partial charge in [-0.05, 0) is 61.0 Å². The lowest BCUT2D eigenvalue weighted by atomic mass is 9.78. The van der Waals surface area contributed by atoms with Gasteiger partial charge in [-0.3, -0.25) is 9.69 Å². The first-order chi connectivity index (χ1) is 14.5. The predicted molar refractivity (Wildman–Crippen MR) is 112 cm³/mol. The molecule has 0 radical (unpaired) electrons. The number of para-hydroxylation sites is 1. The first-order valence-corrected chi connectivity index (χ1v) is 10.5. The Morgan fingerprint density at radius 1 is 0.967 bits per heavy atom. The number of piperidine rings is 1. The molecule has 1 atom stereocenters. The van der Waals surface area contributed by atoms with Crippen LogP contribution in [0, 0.1) is 17.0 Å². The van der Waals surface area contributed by atoms with Crippen molar-refractivity contribution in [2.24, 2.45) is 5.41 Å². The van der Waals surface area contributed by atoms with Gasteiger partial charge in [0.15, 0.2) is 11.6 Å². The third-order valence-corrected chi connectivity index (χ3v) is 6.59. The summed E-state index contributed by atoms with van der Waals surface area (Å²) in [6.45, 7) is 3.43. The lowest BCUT2D eigenvalue weighted by Gasteiger charge is -2.39. The smallest absolute Gasteiger partial charge is 0.230 e. The van der Waals surface area contributed by atoms with Crippen molar-refractivity contribution < 1.29 is 13.6 Å². The van der Waals surface area contributed by atoms with Crippen molar-refractivity contribution in [1.29, 1.82) is 0 Å². The van der Waals surface area contributed by atoms with E-state index in [0.717, 1.165) is 56.2 Å². The highest BCUT2D eigenvalue weighted by atomic mass is 19.2. The largest absolute Gasteiger partial charge is 0.357 e. The van der Waals surface area contributed by atoms with Crippen LogP contribution in [-0.2, 0) is 17.9 Å². The second-order valence-electron chi connectivity index (χ2n) is 8.70. The van der Waals surface area contributed by atoms with Crippen LogP contribution in [0.4, 0.5) is 8.78 Å². The number of hydrogen-bond donors (Lipinski definition) is 1. The highest BCUT2D eigenvalue weighted by molar-refractivity contribution is 5.84. The number of benzene rings is 2. The lowest BCUT2D eigenvalue weighted by molar-refractivity contribution is -0.146. The minimum Gasteiger partial charge on any atom is -0.357 e. The normalized spacial score (nSPS) is 22.5. The SMILES string of the molecule is O=C1N(Cc2ccc(F)c(F)c2)CCC[C@@]12CCN(Cc1cc3ccccc3[nH]1)C2. The van der Waals surface area contributed by atoms with Gasteiger partial charge >= 0.3 is 0 Å². The maximum absolute atomic E-state index is 13.6. The number of amides is 1. The van der Waals surface area contributed by atoms with E-state index in [-0.39, 0.29) is 11.3 Å². The second kappa shape index (κ2) is 7.51. The van der Waals surface area contributed by atoms with Crippen LogP contribution >= 0.6 is 0 Å². The van der Waals surface area contributed by atoms with E-state index in [0.29, 0.717) is 18.7 Å². The number of halogens is 2. The van der Waals surface area contributed by atoms with Crippen molar-refractivity contribution >= 4 is 16.8 Å². The summed E-state index contributed by atoms with van der Waals surface area (Å²) in [5.41, 5.74) is 2.57. The number of nitrogens with zero attached hydrogens (tertiary/aromatic N) is 2. The summed E-state index contributed by atoms with van der Waals surface area (Å²) in [5, 5.41) is 1.20. The molecule has 30 heavy (non-hydrogen) atoms. The van der Waals surface area contributed by atoms with Crippen molar-refractivity contribution in [2.75, 3.05) is 19.6 Å². The Morgan fingerprint density at radius 2 is 1.83 bits per heavy atom. The minimum atomic E-state index is -0.864. The molecule has 0 bridgehead atoms. The van der Waals surface area contributed by atoms with Crippen LogP contribution in [0.15, 0.2) is 48.5 Å². The lowest BCUT2D eigenvalue weighted by Crippen LogP contribution is -2.49. The molecule has 6 heteroatoms. The Labute approximate surface area is 174 Å². The number of H-pyrrole nitrogens is 1. The zero-order valence-electron chi connectivity index (χ0n) is 16.8. The van der Waals surface area contributed by atoms with Crippen LogP contribution in [0.5, 0.6) is 0 Å². The minimum absolute atomic E-state index is 0.151. The average Bonchev–Trinajstić information content (AvgIpc) is 3.33. The van der Waals surface area contributed by atoms with E-state index in [2.05, 4.69) is 28.1 Å².